The number of carbonyl (C=O) groups excluding carboxylic acids is 1. The minimum Gasteiger partial charge on any atom is -0.367 e. The molecule has 0 spiro atoms. The van der Waals surface area contributed by atoms with Crippen molar-refractivity contribution in [1.29, 1.82) is 0 Å². The number of rotatable bonds is 2. The van der Waals surface area contributed by atoms with Gasteiger partial charge in [-0.1, -0.05) is 29.8 Å². The number of halogens is 4. The molecule has 0 saturated carbocycles. The monoisotopic (exact) mass is 419 g/mol. The van der Waals surface area contributed by atoms with Crippen LogP contribution in [0.3, 0.4) is 0 Å². The second-order valence-electron chi connectivity index (χ2n) is 6.83. The summed E-state index contributed by atoms with van der Waals surface area (Å²) < 4.78 is 39.9. The second kappa shape index (κ2) is 7.55. The van der Waals surface area contributed by atoms with E-state index in [9.17, 15) is 18.0 Å². The lowest BCUT2D eigenvalue weighted by Crippen LogP contribution is -2.49. The molecule has 2 heterocycles. The van der Waals surface area contributed by atoms with Crippen LogP contribution in [0, 0.1) is 0 Å². The molecule has 1 aliphatic rings. The molecule has 3 aromatic rings. The fourth-order valence-corrected chi connectivity index (χ4v) is 3.62. The molecule has 0 aliphatic carbocycles. The van der Waals surface area contributed by atoms with Gasteiger partial charge in [-0.2, -0.15) is 13.2 Å². The molecule has 0 bridgehead atoms. The van der Waals surface area contributed by atoms with Crippen LogP contribution in [0.25, 0.3) is 10.9 Å². The molecule has 0 N–H and O–H groups in total. The Morgan fingerprint density at radius 1 is 0.966 bits per heavy atom. The summed E-state index contributed by atoms with van der Waals surface area (Å²) in [6.07, 6.45) is -4.52. The predicted octanol–water partition coefficient (Wildman–Crippen LogP) is 4.87. The maximum absolute atomic E-state index is 13.3. The van der Waals surface area contributed by atoms with Crippen molar-refractivity contribution >= 4 is 34.1 Å². The van der Waals surface area contributed by atoms with Crippen LogP contribution in [-0.2, 0) is 6.18 Å². The minimum atomic E-state index is -4.52. The third-order valence-corrected chi connectivity index (χ3v) is 5.24. The summed E-state index contributed by atoms with van der Waals surface area (Å²) >= 11 is 5.86. The first-order valence-electron chi connectivity index (χ1n) is 9.10. The van der Waals surface area contributed by atoms with Gasteiger partial charge in [-0.15, -0.1) is 0 Å². The van der Waals surface area contributed by atoms with Crippen LogP contribution in [0.2, 0.25) is 5.02 Å². The van der Waals surface area contributed by atoms with Crippen LogP contribution < -0.4 is 4.90 Å². The number of benzene rings is 2. The third kappa shape index (κ3) is 4.00. The van der Waals surface area contributed by atoms with Gasteiger partial charge in [0.15, 0.2) is 0 Å². The summed E-state index contributed by atoms with van der Waals surface area (Å²) in [4.78, 5) is 20.0. The Hall–Kier alpha value is -2.80. The summed E-state index contributed by atoms with van der Waals surface area (Å²) in [5, 5.41) is 1.22. The van der Waals surface area contributed by atoms with Crippen molar-refractivity contribution in [3.8, 4) is 0 Å². The van der Waals surface area contributed by atoms with Gasteiger partial charge in [0.05, 0.1) is 5.52 Å². The zero-order valence-electron chi connectivity index (χ0n) is 15.3. The standard InChI is InChI=1S/C21H17ClF3N3O/c22-15-7-5-14(6-8-15)20(29)28-11-9-27(10-12-28)18-13-19(21(23,24)25)26-17-4-2-1-3-16(17)18/h1-8,13H,9-12H2. The Morgan fingerprint density at radius 3 is 2.28 bits per heavy atom. The molecule has 8 heteroatoms. The summed E-state index contributed by atoms with van der Waals surface area (Å²) in [6.45, 7) is 1.70. The van der Waals surface area contributed by atoms with Crippen molar-refractivity contribution in [2.75, 3.05) is 31.1 Å². The molecule has 1 amide bonds. The Morgan fingerprint density at radius 2 is 1.62 bits per heavy atom. The van der Waals surface area contributed by atoms with Crippen LogP contribution in [0.15, 0.2) is 54.6 Å². The van der Waals surface area contributed by atoms with E-state index in [0.29, 0.717) is 53.4 Å². The van der Waals surface area contributed by atoms with Gasteiger partial charge in [0.25, 0.3) is 5.91 Å². The van der Waals surface area contributed by atoms with Gasteiger partial charge in [0.1, 0.15) is 5.69 Å². The number of hydrogen-bond acceptors (Lipinski definition) is 3. The van der Waals surface area contributed by atoms with E-state index < -0.39 is 11.9 Å². The molecule has 4 nitrogen and oxygen atoms in total. The number of aromatic nitrogens is 1. The molecule has 0 unspecified atom stereocenters. The zero-order valence-corrected chi connectivity index (χ0v) is 16.0. The fourth-order valence-electron chi connectivity index (χ4n) is 3.49. The first-order chi connectivity index (χ1) is 13.8. The number of pyridine rings is 1. The van der Waals surface area contributed by atoms with E-state index in [2.05, 4.69) is 4.98 Å². The van der Waals surface area contributed by atoms with E-state index in [1.807, 2.05) is 4.90 Å². The largest absolute Gasteiger partial charge is 0.433 e. The van der Waals surface area contributed by atoms with Gasteiger partial charge in [0.2, 0.25) is 0 Å². The van der Waals surface area contributed by atoms with Gasteiger partial charge < -0.3 is 9.80 Å². The van der Waals surface area contributed by atoms with Gasteiger partial charge in [-0.3, -0.25) is 4.79 Å². The van der Waals surface area contributed by atoms with Crippen molar-refractivity contribution in [3.63, 3.8) is 0 Å². The van der Waals surface area contributed by atoms with E-state index in [1.165, 1.54) is 0 Å². The lowest BCUT2D eigenvalue weighted by molar-refractivity contribution is -0.140. The highest BCUT2D eigenvalue weighted by Gasteiger charge is 2.34. The molecular formula is C21H17ClF3N3O. The molecule has 2 aromatic carbocycles. The zero-order chi connectivity index (χ0) is 20.6. The number of para-hydroxylation sites is 1. The number of piperazine rings is 1. The molecular weight excluding hydrogens is 403 g/mol. The molecule has 0 radical (unpaired) electrons. The summed E-state index contributed by atoms with van der Waals surface area (Å²) in [5.74, 6) is -0.114. The van der Waals surface area contributed by atoms with Crippen molar-refractivity contribution in [3.05, 3.63) is 70.9 Å². The number of alkyl halides is 3. The van der Waals surface area contributed by atoms with Crippen molar-refractivity contribution in [2.45, 2.75) is 6.18 Å². The number of fused-ring (bicyclic) bond motifs is 1. The van der Waals surface area contributed by atoms with Crippen molar-refractivity contribution < 1.29 is 18.0 Å². The Bertz CT molecular complexity index is 1050. The average molecular weight is 420 g/mol. The molecule has 1 aliphatic heterocycles. The van der Waals surface area contributed by atoms with E-state index in [4.69, 9.17) is 11.6 Å². The van der Waals surface area contributed by atoms with Gasteiger partial charge >= 0.3 is 6.18 Å². The number of carbonyl (C=O) groups is 1. The summed E-state index contributed by atoms with van der Waals surface area (Å²) in [5.41, 5.74) is 0.418. The molecule has 1 fully saturated rings. The molecule has 29 heavy (non-hydrogen) atoms. The highest BCUT2D eigenvalue weighted by molar-refractivity contribution is 6.30. The third-order valence-electron chi connectivity index (χ3n) is 4.98. The average Bonchev–Trinajstić information content (AvgIpc) is 2.72. The normalized spacial score (nSPS) is 15.0. The Balaban J connectivity index is 1.57. The van der Waals surface area contributed by atoms with Gasteiger partial charge in [0, 0.05) is 47.8 Å². The van der Waals surface area contributed by atoms with E-state index in [-0.39, 0.29) is 5.91 Å². The van der Waals surface area contributed by atoms with Crippen molar-refractivity contribution in [1.82, 2.24) is 9.88 Å². The number of hydrogen-bond donors (Lipinski definition) is 0. The highest BCUT2D eigenvalue weighted by Crippen LogP contribution is 2.35. The quantitative estimate of drug-likeness (QED) is 0.594. The van der Waals surface area contributed by atoms with Crippen LogP contribution in [0.5, 0.6) is 0 Å². The van der Waals surface area contributed by atoms with Crippen LogP contribution >= 0.6 is 11.6 Å². The number of amides is 1. The number of anilines is 1. The van der Waals surface area contributed by atoms with Gasteiger partial charge in [-0.25, -0.2) is 4.98 Å². The molecule has 1 saturated heterocycles. The van der Waals surface area contributed by atoms with E-state index in [0.717, 1.165) is 6.07 Å². The van der Waals surface area contributed by atoms with E-state index in [1.54, 1.807) is 53.4 Å². The lowest BCUT2D eigenvalue weighted by Gasteiger charge is -2.36. The first-order valence-corrected chi connectivity index (χ1v) is 9.47. The number of nitrogens with zero attached hydrogens (tertiary/aromatic N) is 3. The lowest BCUT2D eigenvalue weighted by atomic mass is 10.1. The molecule has 4 rings (SSSR count). The predicted molar refractivity (Wildman–Crippen MR) is 106 cm³/mol. The highest BCUT2D eigenvalue weighted by atomic mass is 35.5. The van der Waals surface area contributed by atoms with Crippen LogP contribution in [0.4, 0.5) is 18.9 Å². The van der Waals surface area contributed by atoms with E-state index >= 15 is 0 Å². The van der Waals surface area contributed by atoms with Crippen LogP contribution in [-0.4, -0.2) is 42.0 Å². The summed E-state index contributed by atoms with van der Waals surface area (Å²) in [6, 6.07) is 14.5. The SMILES string of the molecule is O=C(c1ccc(Cl)cc1)N1CCN(c2cc(C(F)(F)F)nc3ccccc23)CC1. The fraction of sp³-hybridized carbons (Fsp3) is 0.238. The Labute approximate surface area is 170 Å². The topological polar surface area (TPSA) is 36.4 Å². The van der Waals surface area contributed by atoms with Crippen LogP contribution in [0.1, 0.15) is 16.1 Å². The minimum absolute atomic E-state index is 0.114. The second-order valence-corrected chi connectivity index (χ2v) is 7.26. The molecule has 150 valence electrons. The first kappa shape index (κ1) is 19.5. The molecule has 0 atom stereocenters. The van der Waals surface area contributed by atoms with Crippen molar-refractivity contribution in [2.24, 2.45) is 0 Å². The summed E-state index contributed by atoms with van der Waals surface area (Å²) in [7, 11) is 0. The maximum Gasteiger partial charge on any atom is 0.433 e. The Kier molecular flexibility index (Phi) is 5.08. The smallest absolute Gasteiger partial charge is 0.367 e. The maximum atomic E-state index is 13.3. The van der Waals surface area contributed by atoms with Gasteiger partial charge in [-0.05, 0) is 36.4 Å². The molecule has 1 aromatic heterocycles.